The zero-order chi connectivity index (χ0) is 21.8. The van der Waals surface area contributed by atoms with Gasteiger partial charge in [0.2, 0.25) is 0 Å². The summed E-state index contributed by atoms with van der Waals surface area (Å²) in [6.45, 7) is 3.09. The van der Waals surface area contributed by atoms with Crippen LogP contribution in [0, 0.1) is 0 Å². The van der Waals surface area contributed by atoms with Crippen LogP contribution in [0.25, 0.3) is 17.0 Å². The summed E-state index contributed by atoms with van der Waals surface area (Å²) in [6.07, 6.45) is 11.8. The van der Waals surface area contributed by atoms with Gasteiger partial charge in [0.05, 0.1) is 5.69 Å². The Kier molecular flexibility index (Phi) is 6.40. The highest BCUT2D eigenvalue weighted by atomic mass is 16.4. The number of anilines is 1. The van der Waals surface area contributed by atoms with Crippen molar-refractivity contribution in [2.45, 2.75) is 50.5 Å². The van der Waals surface area contributed by atoms with Gasteiger partial charge in [0.1, 0.15) is 5.58 Å². The van der Waals surface area contributed by atoms with Crippen LogP contribution in [0.15, 0.2) is 69.9 Å². The van der Waals surface area contributed by atoms with Crippen molar-refractivity contribution in [2.24, 2.45) is 0 Å². The van der Waals surface area contributed by atoms with Gasteiger partial charge in [-0.1, -0.05) is 61.4 Å². The van der Waals surface area contributed by atoms with Crippen molar-refractivity contribution >= 4 is 22.7 Å². The Hall–Kier alpha value is -2.85. The molecule has 0 spiro atoms. The van der Waals surface area contributed by atoms with Crippen molar-refractivity contribution in [3.63, 3.8) is 0 Å². The Bertz CT molecular complexity index is 1120. The molecule has 4 nitrogen and oxygen atoms in total. The van der Waals surface area contributed by atoms with Crippen LogP contribution < -0.4 is 10.9 Å². The summed E-state index contributed by atoms with van der Waals surface area (Å²) in [5.41, 5.74) is 3.96. The monoisotopic (exact) mass is 428 g/mol. The standard InChI is InChI=1S/C28H32N2O2/c31-28-20-26(25-19-23(12-13-27(25)32-28)22-10-4-5-11-22)29-24-14-17-30(18-15-24)16-6-9-21-7-2-1-3-8-21/h1-3,6-9,12-13,19-20,22,24,29H,4-5,10-11,14-18H2. The van der Waals surface area contributed by atoms with Gasteiger partial charge in [0.15, 0.2) is 0 Å². The second-order valence-electron chi connectivity index (χ2n) is 9.25. The third-order valence-corrected chi connectivity index (χ3v) is 7.01. The summed E-state index contributed by atoms with van der Waals surface area (Å²) in [4.78, 5) is 14.6. The number of piperidine rings is 1. The maximum atomic E-state index is 12.2. The van der Waals surface area contributed by atoms with Crippen LogP contribution in [0.4, 0.5) is 5.69 Å². The van der Waals surface area contributed by atoms with E-state index in [0.717, 1.165) is 43.5 Å². The van der Waals surface area contributed by atoms with Gasteiger partial charge in [-0.3, -0.25) is 4.90 Å². The van der Waals surface area contributed by atoms with E-state index in [0.29, 0.717) is 17.5 Å². The van der Waals surface area contributed by atoms with Crippen molar-refractivity contribution in [3.8, 4) is 0 Å². The fourth-order valence-corrected chi connectivity index (χ4v) is 5.19. The first kappa shape index (κ1) is 21.0. The molecular weight excluding hydrogens is 396 g/mol. The molecule has 0 bridgehead atoms. The number of nitrogens with one attached hydrogen (secondary N) is 1. The topological polar surface area (TPSA) is 45.5 Å². The highest BCUT2D eigenvalue weighted by molar-refractivity contribution is 5.90. The van der Waals surface area contributed by atoms with Crippen LogP contribution in [0.3, 0.4) is 0 Å². The normalized spacial score (nSPS) is 18.6. The largest absolute Gasteiger partial charge is 0.423 e. The SMILES string of the molecule is O=c1cc(NC2CCN(CC=Cc3ccccc3)CC2)c2cc(C3CCCC3)ccc2o1. The molecule has 0 atom stereocenters. The average Bonchev–Trinajstić information content (AvgIpc) is 3.36. The van der Waals surface area contributed by atoms with E-state index >= 15 is 0 Å². The first-order valence-corrected chi connectivity index (χ1v) is 12.0. The molecular formula is C28H32N2O2. The molecule has 2 aromatic carbocycles. The summed E-state index contributed by atoms with van der Waals surface area (Å²) in [7, 11) is 0. The van der Waals surface area contributed by atoms with Gasteiger partial charge >= 0.3 is 5.63 Å². The zero-order valence-electron chi connectivity index (χ0n) is 18.6. The van der Waals surface area contributed by atoms with Gasteiger partial charge in [-0.15, -0.1) is 0 Å². The summed E-state index contributed by atoms with van der Waals surface area (Å²) in [6, 6.07) is 18.8. The van der Waals surface area contributed by atoms with Gasteiger partial charge < -0.3 is 9.73 Å². The van der Waals surface area contributed by atoms with Crippen molar-refractivity contribution in [3.05, 3.63) is 82.2 Å². The van der Waals surface area contributed by atoms with Crippen LogP contribution in [0.2, 0.25) is 0 Å². The molecule has 5 rings (SSSR count). The molecule has 166 valence electrons. The lowest BCUT2D eigenvalue weighted by molar-refractivity contribution is 0.240. The Morgan fingerprint density at radius 3 is 2.53 bits per heavy atom. The Balaban J connectivity index is 1.23. The van der Waals surface area contributed by atoms with E-state index in [4.69, 9.17) is 4.42 Å². The van der Waals surface area contributed by atoms with E-state index in [-0.39, 0.29) is 5.63 Å². The van der Waals surface area contributed by atoms with Crippen LogP contribution >= 0.6 is 0 Å². The van der Waals surface area contributed by atoms with Crippen LogP contribution in [-0.4, -0.2) is 30.6 Å². The lowest BCUT2D eigenvalue weighted by Crippen LogP contribution is -2.39. The number of rotatable bonds is 6. The lowest BCUT2D eigenvalue weighted by atomic mass is 9.96. The Morgan fingerprint density at radius 2 is 1.75 bits per heavy atom. The highest BCUT2D eigenvalue weighted by Gasteiger charge is 2.21. The van der Waals surface area contributed by atoms with Gasteiger partial charge in [0.25, 0.3) is 0 Å². The Labute approximate surface area is 189 Å². The highest BCUT2D eigenvalue weighted by Crippen LogP contribution is 2.36. The molecule has 1 N–H and O–H groups in total. The van der Waals surface area contributed by atoms with Gasteiger partial charge in [0, 0.05) is 37.1 Å². The second-order valence-corrected chi connectivity index (χ2v) is 9.25. The number of likely N-dealkylation sites (tertiary alicyclic amines) is 1. The molecule has 4 heteroatoms. The van der Waals surface area contributed by atoms with Crippen molar-refractivity contribution < 1.29 is 4.42 Å². The fraction of sp³-hybridized carbons (Fsp3) is 0.393. The second kappa shape index (κ2) is 9.74. The van der Waals surface area contributed by atoms with Crippen molar-refractivity contribution in [1.82, 2.24) is 4.90 Å². The van der Waals surface area contributed by atoms with E-state index in [2.05, 4.69) is 58.8 Å². The van der Waals surface area contributed by atoms with Gasteiger partial charge in [-0.25, -0.2) is 4.79 Å². The fourth-order valence-electron chi connectivity index (χ4n) is 5.19. The molecule has 32 heavy (non-hydrogen) atoms. The zero-order valence-corrected chi connectivity index (χ0v) is 18.6. The average molecular weight is 429 g/mol. The minimum atomic E-state index is -0.280. The summed E-state index contributed by atoms with van der Waals surface area (Å²) >= 11 is 0. The maximum Gasteiger partial charge on any atom is 0.338 e. The van der Waals surface area contributed by atoms with E-state index in [1.54, 1.807) is 6.07 Å². The van der Waals surface area contributed by atoms with E-state index in [1.165, 1.54) is 36.8 Å². The van der Waals surface area contributed by atoms with E-state index < -0.39 is 0 Å². The van der Waals surface area contributed by atoms with E-state index in [1.807, 2.05) is 12.1 Å². The predicted molar refractivity (Wildman–Crippen MR) is 132 cm³/mol. The van der Waals surface area contributed by atoms with Gasteiger partial charge in [-0.2, -0.15) is 0 Å². The number of hydrogen-bond donors (Lipinski definition) is 1. The number of hydrogen-bond acceptors (Lipinski definition) is 4. The van der Waals surface area contributed by atoms with Gasteiger partial charge in [-0.05, 0) is 54.9 Å². The molecule has 1 aliphatic carbocycles. The minimum absolute atomic E-state index is 0.280. The maximum absolute atomic E-state index is 12.2. The quantitative estimate of drug-likeness (QED) is 0.486. The lowest BCUT2D eigenvalue weighted by Gasteiger charge is -2.32. The molecule has 1 saturated carbocycles. The smallest absolute Gasteiger partial charge is 0.338 e. The molecule has 1 aliphatic heterocycles. The summed E-state index contributed by atoms with van der Waals surface area (Å²) in [5, 5.41) is 4.72. The molecule has 0 radical (unpaired) electrons. The molecule has 0 unspecified atom stereocenters. The third-order valence-electron chi connectivity index (χ3n) is 7.01. The van der Waals surface area contributed by atoms with Crippen molar-refractivity contribution in [2.75, 3.05) is 25.0 Å². The minimum Gasteiger partial charge on any atom is -0.423 e. The van der Waals surface area contributed by atoms with Crippen LogP contribution in [-0.2, 0) is 0 Å². The third kappa shape index (κ3) is 4.97. The Morgan fingerprint density at radius 1 is 0.969 bits per heavy atom. The number of fused-ring (bicyclic) bond motifs is 1. The van der Waals surface area contributed by atoms with Crippen LogP contribution in [0.5, 0.6) is 0 Å². The van der Waals surface area contributed by atoms with E-state index in [9.17, 15) is 4.79 Å². The molecule has 2 aliphatic rings. The molecule has 1 saturated heterocycles. The first-order chi connectivity index (χ1) is 15.7. The first-order valence-electron chi connectivity index (χ1n) is 12.0. The molecule has 2 fully saturated rings. The van der Waals surface area contributed by atoms with Crippen molar-refractivity contribution in [1.29, 1.82) is 0 Å². The molecule has 1 aromatic heterocycles. The predicted octanol–water partition coefficient (Wildman–Crippen LogP) is 6.04. The number of nitrogens with zero attached hydrogens (tertiary/aromatic N) is 1. The van der Waals surface area contributed by atoms with Crippen LogP contribution in [0.1, 0.15) is 55.6 Å². The molecule has 3 aromatic rings. The number of benzene rings is 2. The molecule has 0 amide bonds. The summed E-state index contributed by atoms with van der Waals surface area (Å²) in [5.74, 6) is 0.645. The molecule has 2 heterocycles. The summed E-state index contributed by atoms with van der Waals surface area (Å²) < 4.78 is 5.50.